The van der Waals surface area contributed by atoms with Crippen molar-refractivity contribution >= 4 is 22.9 Å². The van der Waals surface area contributed by atoms with Gasteiger partial charge in [0.1, 0.15) is 10.6 Å². The second-order valence-electron chi connectivity index (χ2n) is 4.78. The molecule has 0 unspecified atom stereocenters. The lowest BCUT2D eigenvalue weighted by Gasteiger charge is -2.29. The Labute approximate surface area is 121 Å². The first-order chi connectivity index (χ1) is 9.70. The predicted molar refractivity (Wildman–Crippen MR) is 80.2 cm³/mol. The molecule has 0 bridgehead atoms. The van der Waals surface area contributed by atoms with E-state index < -0.39 is 0 Å². The van der Waals surface area contributed by atoms with E-state index in [0.29, 0.717) is 23.7 Å². The van der Waals surface area contributed by atoms with Crippen molar-refractivity contribution in [1.29, 1.82) is 0 Å². The second kappa shape index (κ2) is 5.17. The molecule has 0 spiro atoms. The Bertz CT molecular complexity index is 651. The highest BCUT2D eigenvalue weighted by atomic mass is 32.1. The van der Waals surface area contributed by atoms with E-state index in [4.69, 9.17) is 10.5 Å². The Hall–Kier alpha value is -2.01. The summed E-state index contributed by atoms with van der Waals surface area (Å²) in [7, 11) is 1.59. The number of ether oxygens (including phenoxy) is 1. The summed E-state index contributed by atoms with van der Waals surface area (Å²) in [5, 5.41) is 1.88. The van der Waals surface area contributed by atoms with Crippen molar-refractivity contribution in [3.05, 3.63) is 45.6 Å². The minimum Gasteiger partial charge on any atom is -0.495 e. The molecule has 3 rings (SSSR count). The number of amides is 1. The molecule has 1 aromatic heterocycles. The van der Waals surface area contributed by atoms with E-state index in [1.54, 1.807) is 7.11 Å². The molecule has 1 amide bonds. The van der Waals surface area contributed by atoms with Crippen LogP contribution in [0.2, 0.25) is 0 Å². The van der Waals surface area contributed by atoms with Gasteiger partial charge in [0, 0.05) is 18.8 Å². The second-order valence-corrected chi connectivity index (χ2v) is 5.70. The number of nitrogens with two attached hydrogens (primary N) is 1. The SMILES string of the molecule is COc1ccsc1C(=O)N1CCc2c(N)cccc2C1. The van der Waals surface area contributed by atoms with Gasteiger partial charge in [0.15, 0.2) is 0 Å². The van der Waals surface area contributed by atoms with Crippen molar-refractivity contribution < 1.29 is 9.53 Å². The number of benzene rings is 1. The third-order valence-electron chi connectivity index (χ3n) is 3.63. The van der Waals surface area contributed by atoms with E-state index in [1.807, 2.05) is 34.5 Å². The minimum absolute atomic E-state index is 0.0323. The molecule has 0 aliphatic carbocycles. The van der Waals surface area contributed by atoms with E-state index in [9.17, 15) is 4.79 Å². The first-order valence-corrected chi connectivity index (χ1v) is 7.35. The normalized spacial score (nSPS) is 13.9. The van der Waals surface area contributed by atoms with Crippen LogP contribution < -0.4 is 10.5 Å². The van der Waals surface area contributed by atoms with E-state index in [-0.39, 0.29) is 5.91 Å². The number of carbonyl (C=O) groups is 1. The number of carbonyl (C=O) groups excluding carboxylic acids is 1. The van der Waals surface area contributed by atoms with Crippen LogP contribution in [0.1, 0.15) is 20.8 Å². The molecule has 0 fully saturated rings. The van der Waals surface area contributed by atoms with Crippen LogP contribution in [-0.4, -0.2) is 24.5 Å². The maximum Gasteiger partial charge on any atom is 0.268 e. The standard InChI is InChI=1S/C15H16N2O2S/c1-19-13-6-8-20-14(13)15(18)17-7-5-11-10(9-17)3-2-4-12(11)16/h2-4,6,8H,5,7,9,16H2,1H3. The van der Waals surface area contributed by atoms with Crippen molar-refractivity contribution in [3.8, 4) is 5.75 Å². The van der Waals surface area contributed by atoms with Crippen LogP contribution in [0.25, 0.3) is 0 Å². The predicted octanol–water partition coefficient (Wildman–Crippen LogP) is 2.54. The zero-order chi connectivity index (χ0) is 14.1. The summed E-state index contributed by atoms with van der Waals surface area (Å²) in [6, 6.07) is 7.72. The molecule has 5 heteroatoms. The molecular weight excluding hydrogens is 272 g/mol. The van der Waals surface area contributed by atoms with Gasteiger partial charge in [0.2, 0.25) is 0 Å². The van der Waals surface area contributed by atoms with E-state index >= 15 is 0 Å². The number of anilines is 1. The number of hydrogen-bond donors (Lipinski definition) is 1. The molecule has 1 aromatic carbocycles. The lowest BCUT2D eigenvalue weighted by Crippen LogP contribution is -2.36. The zero-order valence-electron chi connectivity index (χ0n) is 11.3. The Kier molecular flexibility index (Phi) is 3.36. The third kappa shape index (κ3) is 2.14. The lowest BCUT2D eigenvalue weighted by atomic mass is 9.98. The summed E-state index contributed by atoms with van der Waals surface area (Å²) >= 11 is 1.42. The van der Waals surface area contributed by atoms with E-state index in [2.05, 4.69) is 0 Å². The van der Waals surface area contributed by atoms with Crippen LogP contribution in [0.3, 0.4) is 0 Å². The summed E-state index contributed by atoms with van der Waals surface area (Å²) in [6.45, 7) is 1.31. The number of nitrogens with zero attached hydrogens (tertiary/aromatic N) is 1. The third-order valence-corrected chi connectivity index (χ3v) is 4.52. The summed E-state index contributed by atoms with van der Waals surface area (Å²) in [4.78, 5) is 15.1. The molecule has 2 N–H and O–H groups in total. The van der Waals surface area contributed by atoms with Crippen molar-refractivity contribution in [1.82, 2.24) is 4.90 Å². The Morgan fingerprint density at radius 3 is 3.05 bits per heavy atom. The summed E-state index contributed by atoms with van der Waals surface area (Å²) in [5.74, 6) is 0.684. The summed E-state index contributed by atoms with van der Waals surface area (Å²) in [5.41, 5.74) is 9.12. The molecule has 0 radical (unpaired) electrons. The van der Waals surface area contributed by atoms with Gasteiger partial charge in [-0.15, -0.1) is 11.3 Å². The van der Waals surface area contributed by atoms with Gasteiger partial charge in [0.05, 0.1) is 7.11 Å². The largest absolute Gasteiger partial charge is 0.495 e. The summed E-state index contributed by atoms with van der Waals surface area (Å²) < 4.78 is 5.23. The number of hydrogen-bond acceptors (Lipinski definition) is 4. The first kappa shape index (κ1) is 13.0. The minimum atomic E-state index is 0.0323. The van der Waals surface area contributed by atoms with Crippen LogP contribution >= 0.6 is 11.3 Å². The maximum atomic E-state index is 12.6. The van der Waals surface area contributed by atoms with E-state index in [0.717, 1.165) is 17.7 Å². The molecule has 1 aliphatic heterocycles. The average Bonchev–Trinajstić information content (AvgIpc) is 2.95. The highest BCUT2D eigenvalue weighted by molar-refractivity contribution is 7.12. The van der Waals surface area contributed by atoms with Crippen molar-refractivity contribution in [2.45, 2.75) is 13.0 Å². The Morgan fingerprint density at radius 2 is 2.25 bits per heavy atom. The topological polar surface area (TPSA) is 55.6 Å². The van der Waals surface area contributed by atoms with Gasteiger partial charge in [-0.05, 0) is 35.1 Å². The average molecular weight is 288 g/mol. The van der Waals surface area contributed by atoms with Gasteiger partial charge in [-0.3, -0.25) is 4.79 Å². The number of fused-ring (bicyclic) bond motifs is 1. The van der Waals surface area contributed by atoms with Crippen LogP contribution in [0.15, 0.2) is 29.6 Å². The number of nitrogen functional groups attached to an aromatic ring is 1. The highest BCUT2D eigenvalue weighted by Crippen LogP contribution is 2.29. The van der Waals surface area contributed by atoms with Gasteiger partial charge in [0.25, 0.3) is 5.91 Å². The van der Waals surface area contributed by atoms with E-state index in [1.165, 1.54) is 16.9 Å². The lowest BCUT2D eigenvalue weighted by molar-refractivity contribution is 0.0737. The van der Waals surface area contributed by atoms with Crippen molar-refractivity contribution in [2.24, 2.45) is 0 Å². The quantitative estimate of drug-likeness (QED) is 0.864. The van der Waals surface area contributed by atoms with Crippen molar-refractivity contribution in [2.75, 3.05) is 19.4 Å². The van der Waals surface area contributed by atoms with Gasteiger partial charge in [-0.25, -0.2) is 0 Å². The molecule has 0 saturated heterocycles. The fourth-order valence-corrected chi connectivity index (χ4v) is 3.40. The molecular formula is C15H16N2O2S. The smallest absolute Gasteiger partial charge is 0.268 e. The monoisotopic (exact) mass is 288 g/mol. The zero-order valence-corrected chi connectivity index (χ0v) is 12.1. The van der Waals surface area contributed by atoms with Gasteiger partial charge >= 0.3 is 0 Å². The van der Waals surface area contributed by atoms with Crippen LogP contribution in [-0.2, 0) is 13.0 Å². The highest BCUT2D eigenvalue weighted by Gasteiger charge is 2.25. The Balaban J connectivity index is 1.85. The molecule has 0 atom stereocenters. The first-order valence-electron chi connectivity index (χ1n) is 6.47. The maximum absolute atomic E-state index is 12.6. The van der Waals surface area contributed by atoms with Gasteiger partial charge < -0.3 is 15.4 Å². The number of methoxy groups -OCH3 is 1. The van der Waals surface area contributed by atoms with Crippen LogP contribution in [0, 0.1) is 0 Å². The number of thiophene rings is 1. The molecule has 0 saturated carbocycles. The molecule has 20 heavy (non-hydrogen) atoms. The molecule has 1 aliphatic rings. The molecule has 104 valence electrons. The van der Waals surface area contributed by atoms with Gasteiger partial charge in [-0.2, -0.15) is 0 Å². The van der Waals surface area contributed by atoms with Crippen LogP contribution in [0.4, 0.5) is 5.69 Å². The molecule has 4 nitrogen and oxygen atoms in total. The Morgan fingerprint density at radius 1 is 1.40 bits per heavy atom. The van der Waals surface area contributed by atoms with Gasteiger partial charge in [-0.1, -0.05) is 12.1 Å². The fraction of sp³-hybridized carbons (Fsp3) is 0.267. The van der Waals surface area contributed by atoms with Crippen LogP contribution in [0.5, 0.6) is 5.75 Å². The number of rotatable bonds is 2. The molecule has 2 aromatic rings. The fourth-order valence-electron chi connectivity index (χ4n) is 2.57. The summed E-state index contributed by atoms with van der Waals surface area (Å²) in [6.07, 6.45) is 0.807. The molecule has 2 heterocycles. The van der Waals surface area contributed by atoms with Crippen molar-refractivity contribution in [3.63, 3.8) is 0 Å².